The quantitative estimate of drug-likeness (QED) is 0.793. The van der Waals surface area contributed by atoms with Crippen LogP contribution < -0.4 is 10.6 Å². The summed E-state index contributed by atoms with van der Waals surface area (Å²) in [5.74, 6) is 0.793. The van der Waals surface area contributed by atoms with Crippen LogP contribution in [0.5, 0.6) is 0 Å². The molecule has 4 heteroatoms. The van der Waals surface area contributed by atoms with Crippen LogP contribution in [0.15, 0.2) is 24.3 Å². The minimum Gasteiger partial charge on any atom is -0.377 e. The zero-order valence-electron chi connectivity index (χ0n) is 11.6. The highest BCUT2D eigenvalue weighted by Crippen LogP contribution is 2.27. The Morgan fingerprint density at radius 1 is 1.47 bits per heavy atom. The Morgan fingerprint density at radius 2 is 2.26 bits per heavy atom. The van der Waals surface area contributed by atoms with Crippen molar-refractivity contribution in [1.29, 1.82) is 0 Å². The molecule has 1 unspecified atom stereocenters. The first-order chi connectivity index (χ1) is 9.19. The third-order valence-corrected chi connectivity index (χ3v) is 3.41. The lowest BCUT2D eigenvalue weighted by atomic mass is 10.1. The van der Waals surface area contributed by atoms with Gasteiger partial charge in [0.25, 0.3) is 0 Å². The van der Waals surface area contributed by atoms with E-state index < -0.39 is 0 Å². The van der Waals surface area contributed by atoms with Gasteiger partial charge in [0, 0.05) is 12.8 Å². The summed E-state index contributed by atoms with van der Waals surface area (Å²) in [5, 5.41) is 6.08. The molecule has 1 atom stereocenters. The van der Waals surface area contributed by atoms with Crippen LogP contribution >= 0.6 is 0 Å². The van der Waals surface area contributed by atoms with Gasteiger partial charge in [-0.05, 0) is 49.9 Å². The Bertz CT molecular complexity index is 430. The Kier molecular flexibility index (Phi) is 4.93. The predicted octanol–water partition coefficient (Wildman–Crippen LogP) is 2.33. The maximum absolute atomic E-state index is 11.8. The second-order valence-corrected chi connectivity index (χ2v) is 5.13. The summed E-state index contributed by atoms with van der Waals surface area (Å²) in [4.78, 5) is 11.8. The number of amides is 1. The molecule has 0 heterocycles. The lowest BCUT2D eigenvalue weighted by molar-refractivity contribution is -0.115. The first-order valence-electron chi connectivity index (χ1n) is 6.82. The van der Waals surface area contributed by atoms with Crippen LogP contribution in [0.25, 0.3) is 0 Å². The van der Waals surface area contributed by atoms with Gasteiger partial charge in [-0.3, -0.25) is 4.79 Å². The van der Waals surface area contributed by atoms with E-state index in [1.165, 1.54) is 12.8 Å². The van der Waals surface area contributed by atoms with Crippen LogP contribution in [0.2, 0.25) is 0 Å². The van der Waals surface area contributed by atoms with Gasteiger partial charge in [0.2, 0.25) is 5.91 Å². The van der Waals surface area contributed by atoms with Crippen LogP contribution in [-0.4, -0.2) is 26.1 Å². The maximum atomic E-state index is 11.8. The number of anilines is 1. The molecule has 0 spiro atoms. The van der Waals surface area contributed by atoms with Crippen LogP contribution in [-0.2, 0) is 9.53 Å². The van der Waals surface area contributed by atoms with E-state index in [0.29, 0.717) is 6.54 Å². The fraction of sp³-hybridized carbons (Fsp3) is 0.533. The van der Waals surface area contributed by atoms with Gasteiger partial charge in [0.1, 0.15) is 0 Å². The van der Waals surface area contributed by atoms with E-state index in [1.807, 2.05) is 31.2 Å². The highest BCUT2D eigenvalue weighted by Gasteiger charge is 2.20. The van der Waals surface area contributed by atoms with Gasteiger partial charge >= 0.3 is 0 Å². The van der Waals surface area contributed by atoms with Gasteiger partial charge in [-0.15, -0.1) is 0 Å². The monoisotopic (exact) mass is 262 g/mol. The fourth-order valence-electron chi connectivity index (χ4n) is 1.92. The fourth-order valence-corrected chi connectivity index (χ4v) is 1.92. The zero-order chi connectivity index (χ0) is 13.7. The number of methoxy groups -OCH3 is 1. The molecular weight excluding hydrogens is 240 g/mol. The van der Waals surface area contributed by atoms with Crippen molar-refractivity contribution < 1.29 is 9.53 Å². The Balaban J connectivity index is 1.81. The van der Waals surface area contributed by atoms with Gasteiger partial charge in [-0.1, -0.05) is 12.1 Å². The van der Waals surface area contributed by atoms with Crippen molar-refractivity contribution in [2.45, 2.75) is 25.9 Å². The normalized spacial score (nSPS) is 16.1. The standard InChI is InChI=1S/C15H22N2O2/c1-11(19-2)13-4-3-5-14(8-13)17-15(18)10-16-9-12-6-7-12/h3-5,8,11-12,16H,6-7,9-10H2,1-2H3,(H,17,18). The molecule has 2 N–H and O–H groups in total. The number of hydrogen-bond acceptors (Lipinski definition) is 3. The maximum Gasteiger partial charge on any atom is 0.238 e. The molecular formula is C15H22N2O2. The summed E-state index contributed by atoms with van der Waals surface area (Å²) in [6.07, 6.45) is 2.63. The van der Waals surface area contributed by atoms with Gasteiger partial charge in [-0.25, -0.2) is 0 Å². The van der Waals surface area contributed by atoms with Crippen molar-refractivity contribution >= 4 is 11.6 Å². The smallest absolute Gasteiger partial charge is 0.238 e. The highest BCUT2D eigenvalue weighted by molar-refractivity contribution is 5.92. The molecule has 19 heavy (non-hydrogen) atoms. The highest BCUT2D eigenvalue weighted by atomic mass is 16.5. The number of carbonyl (C=O) groups excluding carboxylic acids is 1. The zero-order valence-corrected chi connectivity index (χ0v) is 11.6. The molecule has 2 rings (SSSR count). The summed E-state index contributed by atoms with van der Waals surface area (Å²) < 4.78 is 5.27. The number of carbonyl (C=O) groups is 1. The Labute approximate surface area is 114 Å². The van der Waals surface area contributed by atoms with Crippen molar-refractivity contribution in [2.24, 2.45) is 5.92 Å². The van der Waals surface area contributed by atoms with Crippen molar-refractivity contribution in [3.8, 4) is 0 Å². The lowest BCUT2D eigenvalue weighted by Gasteiger charge is -2.12. The molecule has 1 aromatic rings. The van der Waals surface area contributed by atoms with E-state index in [2.05, 4.69) is 10.6 Å². The minimum absolute atomic E-state index is 0.00266. The first-order valence-corrected chi connectivity index (χ1v) is 6.82. The molecule has 0 saturated heterocycles. The predicted molar refractivity (Wildman–Crippen MR) is 76.1 cm³/mol. The van der Waals surface area contributed by atoms with Crippen LogP contribution in [0.1, 0.15) is 31.4 Å². The van der Waals surface area contributed by atoms with Crippen molar-refractivity contribution in [3.63, 3.8) is 0 Å². The largest absolute Gasteiger partial charge is 0.377 e. The summed E-state index contributed by atoms with van der Waals surface area (Å²) in [5.41, 5.74) is 1.88. The second-order valence-electron chi connectivity index (χ2n) is 5.13. The molecule has 0 bridgehead atoms. The van der Waals surface area contributed by atoms with E-state index in [-0.39, 0.29) is 12.0 Å². The average molecular weight is 262 g/mol. The average Bonchev–Trinajstić information content (AvgIpc) is 3.22. The molecule has 1 aliphatic carbocycles. The van der Waals surface area contributed by atoms with Crippen molar-refractivity contribution in [1.82, 2.24) is 5.32 Å². The topological polar surface area (TPSA) is 50.4 Å². The third-order valence-electron chi connectivity index (χ3n) is 3.41. The van der Waals surface area contributed by atoms with Gasteiger partial charge in [-0.2, -0.15) is 0 Å². The molecule has 1 saturated carbocycles. The van der Waals surface area contributed by atoms with E-state index in [9.17, 15) is 4.79 Å². The SMILES string of the molecule is COC(C)c1cccc(NC(=O)CNCC2CC2)c1. The van der Waals surface area contributed by atoms with Gasteiger partial charge in [0.15, 0.2) is 0 Å². The molecule has 104 valence electrons. The summed E-state index contributed by atoms with van der Waals surface area (Å²) >= 11 is 0. The number of hydrogen-bond donors (Lipinski definition) is 2. The third kappa shape index (κ3) is 4.65. The first kappa shape index (κ1) is 14.0. The number of rotatable bonds is 7. The molecule has 4 nitrogen and oxygen atoms in total. The Hall–Kier alpha value is -1.39. The van der Waals surface area contributed by atoms with E-state index in [1.54, 1.807) is 7.11 Å². The number of ether oxygens (including phenoxy) is 1. The van der Waals surface area contributed by atoms with Crippen LogP contribution in [0.4, 0.5) is 5.69 Å². The van der Waals surface area contributed by atoms with Gasteiger partial charge in [0.05, 0.1) is 12.6 Å². The molecule has 0 radical (unpaired) electrons. The summed E-state index contributed by atoms with van der Waals surface area (Å²) in [6, 6.07) is 7.77. The number of benzene rings is 1. The van der Waals surface area contributed by atoms with Gasteiger partial charge < -0.3 is 15.4 Å². The molecule has 0 aliphatic heterocycles. The van der Waals surface area contributed by atoms with Crippen LogP contribution in [0.3, 0.4) is 0 Å². The minimum atomic E-state index is 0.00266. The Morgan fingerprint density at radius 3 is 2.95 bits per heavy atom. The van der Waals surface area contributed by atoms with E-state index in [0.717, 1.165) is 23.7 Å². The molecule has 0 aromatic heterocycles. The van der Waals surface area contributed by atoms with Crippen LogP contribution in [0, 0.1) is 5.92 Å². The summed E-state index contributed by atoms with van der Waals surface area (Å²) in [6.45, 7) is 3.31. The van der Waals surface area contributed by atoms with Crippen molar-refractivity contribution in [3.05, 3.63) is 29.8 Å². The lowest BCUT2D eigenvalue weighted by Crippen LogP contribution is -2.29. The molecule has 1 amide bonds. The summed E-state index contributed by atoms with van der Waals surface area (Å²) in [7, 11) is 1.68. The van der Waals surface area contributed by atoms with E-state index >= 15 is 0 Å². The molecule has 1 fully saturated rings. The van der Waals surface area contributed by atoms with E-state index in [4.69, 9.17) is 4.74 Å². The molecule has 1 aliphatic rings. The molecule has 1 aromatic carbocycles. The number of nitrogens with one attached hydrogen (secondary N) is 2. The second kappa shape index (κ2) is 6.68. The van der Waals surface area contributed by atoms with Crippen molar-refractivity contribution in [2.75, 3.05) is 25.5 Å².